The van der Waals surface area contributed by atoms with Crippen molar-refractivity contribution in [2.45, 2.75) is 25.7 Å². The number of rotatable bonds is 5. The van der Waals surface area contributed by atoms with E-state index in [2.05, 4.69) is 22.4 Å². The number of amides is 1. The fourth-order valence-corrected chi connectivity index (χ4v) is 3.20. The molecular weight excluding hydrogens is 326 g/mol. The lowest BCUT2D eigenvalue weighted by molar-refractivity contribution is 0.0285. The second kappa shape index (κ2) is 7.54. The quantitative estimate of drug-likeness (QED) is 0.772. The SMILES string of the molecule is O=C(NC[C@@H]1Cc2ccccc2CO1)c1ccc(Cn2ccnc2)cc1. The maximum absolute atomic E-state index is 12.4. The molecule has 5 heteroatoms. The van der Waals surface area contributed by atoms with Crippen molar-refractivity contribution in [1.29, 1.82) is 0 Å². The number of nitrogens with one attached hydrogen (secondary N) is 1. The van der Waals surface area contributed by atoms with Crippen molar-refractivity contribution in [3.8, 4) is 0 Å². The Hall–Kier alpha value is -2.92. The van der Waals surface area contributed by atoms with Gasteiger partial charge in [0, 0.05) is 37.5 Å². The fourth-order valence-electron chi connectivity index (χ4n) is 3.20. The lowest BCUT2D eigenvalue weighted by atomic mass is 9.99. The van der Waals surface area contributed by atoms with Crippen LogP contribution >= 0.6 is 0 Å². The van der Waals surface area contributed by atoms with E-state index < -0.39 is 0 Å². The standard InChI is InChI=1S/C21H21N3O2/c25-21(17-7-5-16(6-8-17)13-24-10-9-22-15-24)23-12-20-11-18-3-1-2-4-19(18)14-26-20/h1-10,15,20H,11-14H2,(H,23,25)/t20-/m0/s1. The van der Waals surface area contributed by atoms with E-state index in [0.29, 0.717) is 18.7 Å². The van der Waals surface area contributed by atoms with Crippen LogP contribution in [0.1, 0.15) is 27.0 Å². The van der Waals surface area contributed by atoms with E-state index in [4.69, 9.17) is 4.74 Å². The third kappa shape index (κ3) is 3.83. The average molecular weight is 347 g/mol. The molecule has 1 aromatic heterocycles. The van der Waals surface area contributed by atoms with Gasteiger partial charge in [-0.3, -0.25) is 4.79 Å². The number of aromatic nitrogens is 2. The minimum atomic E-state index is -0.0679. The topological polar surface area (TPSA) is 56.1 Å². The third-order valence-corrected chi connectivity index (χ3v) is 4.67. The molecule has 2 heterocycles. The molecule has 0 unspecified atom stereocenters. The summed E-state index contributed by atoms with van der Waals surface area (Å²) in [5, 5.41) is 2.99. The first-order chi connectivity index (χ1) is 12.8. The lowest BCUT2D eigenvalue weighted by Crippen LogP contribution is -2.36. The van der Waals surface area contributed by atoms with Gasteiger partial charge < -0.3 is 14.6 Å². The summed E-state index contributed by atoms with van der Waals surface area (Å²) in [5.74, 6) is -0.0679. The van der Waals surface area contributed by atoms with Crippen LogP contribution < -0.4 is 5.32 Å². The zero-order valence-corrected chi connectivity index (χ0v) is 14.5. The van der Waals surface area contributed by atoms with Crippen LogP contribution in [0.3, 0.4) is 0 Å². The first-order valence-corrected chi connectivity index (χ1v) is 8.79. The second-order valence-corrected chi connectivity index (χ2v) is 6.55. The van der Waals surface area contributed by atoms with Gasteiger partial charge in [0.25, 0.3) is 5.91 Å². The highest BCUT2D eigenvalue weighted by atomic mass is 16.5. The van der Waals surface area contributed by atoms with Crippen molar-refractivity contribution in [2.75, 3.05) is 6.54 Å². The van der Waals surface area contributed by atoms with Crippen LogP contribution in [0, 0.1) is 0 Å². The molecule has 26 heavy (non-hydrogen) atoms. The Labute approximate surface area is 152 Å². The van der Waals surface area contributed by atoms with E-state index in [1.54, 1.807) is 12.5 Å². The van der Waals surface area contributed by atoms with Crippen LogP contribution in [0.5, 0.6) is 0 Å². The molecule has 2 aromatic carbocycles. The second-order valence-electron chi connectivity index (χ2n) is 6.55. The van der Waals surface area contributed by atoms with Gasteiger partial charge in [-0.15, -0.1) is 0 Å². The van der Waals surface area contributed by atoms with Gasteiger partial charge in [-0.2, -0.15) is 0 Å². The predicted molar refractivity (Wildman–Crippen MR) is 98.8 cm³/mol. The summed E-state index contributed by atoms with van der Waals surface area (Å²) in [6.45, 7) is 1.88. The van der Waals surface area contributed by atoms with E-state index in [9.17, 15) is 4.79 Å². The predicted octanol–water partition coefficient (Wildman–Crippen LogP) is 2.80. The van der Waals surface area contributed by atoms with Crippen LogP contribution in [0.25, 0.3) is 0 Å². The molecule has 1 atom stereocenters. The summed E-state index contributed by atoms with van der Waals surface area (Å²) in [6, 6.07) is 16.0. The van der Waals surface area contributed by atoms with Crippen LogP contribution in [-0.2, 0) is 24.3 Å². The van der Waals surface area contributed by atoms with E-state index in [1.165, 1.54) is 11.1 Å². The fraction of sp³-hybridized carbons (Fsp3) is 0.238. The summed E-state index contributed by atoms with van der Waals surface area (Å²) in [6.07, 6.45) is 6.31. The van der Waals surface area contributed by atoms with E-state index >= 15 is 0 Å². The third-order valence-electron chi connectivity index (χ3n) is 4.67. The number of imidazole rings is 1. The average Bonchev–Trinajstić information content (AvgIpc) is 3.19. The van der Waals surface area contributed by atoms with Crippen LogP contribution in [0.4, 0.5) is 0 Å². The largest absolute Gasteiger partial charge is 0.371 e. The van der Waals surface area contributed by atoms with Gasteiger partial charge in [0.15, 0.2) is 0 Å². The number of nitrogens with zero attached hydrogens (tertiary/aromatic N) is 2. The highest BCUT2D eigenvalue weighted by Crippen LogP contribution is 2.19. The maximum atomic E-state index is 12.4. The Morgan fingerprint density at radius 2 is 1.96 bits per heavy atom. The number of ether oxygens (including phenoxy) is 1. The van der Waals surface area contributed by atoms with Crippen molar-refractivity contribution < 1.29 is 9.53 Å². The number of carbonyl (C=O) groups is 1. The van der Waals surface area contributed by atoms with Gasteiger partial charge >= 0.3 is 0 Å². The lowest BCUT2D eigenvalue weighted by Gasteiger charge is -2.25. The molecule has 132 valence electrons. The molecule has 1 aliphatic rings. The van der Waals surface area contributed by atoms with Crippen LogP contribution in [0.2, 0.25) is 0 Å². The van der Waals surface area contributed by atoms with Gasteiger partial charge in [0.1, 0.15) is 0 Å². The number of carbonyl (C=O) groups excluding carboxylic acids is 1. The molecule has 0 saturated carbocycles. The number of fused-ring (bicyclic) bond motifs is 1. The Bertz CT molecular complexity index is 873. The van der Waals surface area contributed by atoms with Crippen LogP contribution in [0.15, 0.2) is 67.3 Å². The van der Waals surface area contributed by atoms with Crippen molar-refractivity contribution in [2.24, 2.45) is 0 Å². The zero-order valence-electron chi connectivity index (χ0n) is 14.5. The van der Waals surface area contributed by atoms with Gasteiger partial charge in [-0.1, -0.05) is 36.4 Å². The molecule has 4 rings (SSSR count). The van der Waals surface area contributed by atoms with Crippen molar-refractivity contribution in [1.82, 2.24) is 14.9 Å². The minimum absolute atomic E-state index is 0.0226. The van der Waals surface area contributed by atoms with Gasteiger partial charge in [0.2, 0.25) is 0 Å². The summed E-state index contributed by atoms with van der Waals surface area (Å²) in [5.41, 5.74) is 4.34. The smallest absolute Gasteiger partial charge is 0.251 e. The first kappa shape index (κ1) is 16.5. The molecule has 0 saturated heterocycles. The maximum Gasteiger partial charge on any atom is 0.251 e. The highest BCUT2D eigenvalue weighted by Gasteiger charge is 2.19. The van der Waals surface area contributed by atoms with Crippen LogP contribution in [-0.4, -0.2) is 28.1 Å². The van der Waals surface area contributed by atoms with Crippen molar-refractivity contribution in [3.63, 3.8) is 0 Å². The molecule has 0 radical (unpaired) electrons. The first-order valence-electron chi connectivity index (χ1n) is 8.79. The number of benzene rings is 2. The Kier molecular flexibility index (Phi) is 4.80. The van der Waals surface area contributed by atoms with Gasteiger partial charge in [-0.25, -0.2) is 4.98 Å². The molecule has 1 N–H and O–H groups in total. The van der Waals surface area contributed by atoms with Crippen molar-refractivity contribution in [3.05, 3.63) is 89.5 Å². The summed E-state index contributed by atoms with van der Waals surface area (Å²) in [7, 11) is 0. The molecule has 5 nitrogen and oxygen atoms in total. The highest BCUT2D eigenvalue weighted by molar-refractivity contribution is 5.94. The minimum Gasteiger partial charge on any atom is -0.371 e. The van der Waals surface area contributed by atoms with E-state index in [-0.39, 0.29) is 12.0 Å². The summed E-state index contributed by atoms with van der Waals surface area (Å²) >= 11 is 0. The molecular formula is C21H21N3O2. The summed E-state index contributed by atoms with van der Waals surface area (Å²) < 4.78 is 7.84. The molecule has 0 bridgehead atoms. The molecule has 0 spiro atoms. The molecule has 0 aliphatic carbocycles. The molecule has 1 amide bonds. The Morgan fingerprint density at radius 1 is 1.15 bits per heavy atom. The Balaban J connectivity index is 1.31. The normalized spacial score (nSPS) is 16.1. The number of hydrogen-bond donors (Lipinski definition) is 1. The van der Waals surface area contributed by atoms with Gasteiger partial charge in [-0.05, 0) is 28.8 Å². The molecule has 3 aromatic rings. The van der Waals surface area contributed by atoms with E-state index in [1.807, 2.05) is 47.2 Å². The number of hydrogen-bond acceptors (Lipinski definition) is 3. The zero-order chi connectivity index (χ0) is 17.8. The van der Waals surface area contributed by atoms with E-state index in [0.717, 1.165) is 18.5 Å². The van der Waals surface area contributed by atoms with Crippen molar-refractivity contribution >= 4 is 5.91 Å². The molecule has 1 aliphatic heterocycles. The molecule has 0 fully saturated rings. The summed E-state index contributed by atoms with van der Waals surface area (Å²) in [4.78, 5) is 16.4. The Morgan fingerprint density at radius 3 is 2.73 bits per heavy atom. The monoisotopic (exact) mass is 347 g/mol. The van der Waals surface area contributed by atoms with Gasteiger partial charge in [0.05, 0.1) is 19.0 Å².